The molecule has 1 aromatic carbocycles. The van der Waals surface area contributed by atoms with Gasteiger partial charge in [0.15, 0.2) is 5.01 Å². The number of ketones is 1. The van der Waals surface area contributed by atoms with Crippen molar-refractivity contribution in [2.75, 3.05) is 6.54 Å². The lowest BCUT2D eigenvalue weighted by atomic mass is 9.80. The molecule has 1 aliphatic heterocycles. The molecule has 1 saturated heterocycles. The Labute approximate surface area is 185 Å². The number of rotatable bonds is 5. The summed E-state index contributed by atoms with van der Waals surface area (Å²) in [5, 5.41) is 2.61. The maximum atomic E-state index is 13.5. The van der Waals surface area contributed by atoms with Gasteiger partial charge in [0.05, 0.1) is 17.1 Å². The van der Waals surface area contributed by atoms with Crippen molar-refractivity contribution in [3.63, 3.8) is 0 Å². The molecule has 1 saturated carbocycles. The van der Waals surface area contributed by atoms with Crippen LogP contribution >= 0.6 is 11.3 Å². The number of urea groups is 1. The molecule has 4 rings (SSSR count). The largest absolute Gasteiger partial charge is 0.366 e. The van der Waals surface area contributed by atoms with E-state index in [1.54, 1.807) is 31.2 Å². The molecule has 2 fully saturated rings. The van der Waals surface area contributed by atoms with Gasteiger partial charge in [0.25, 0.3) is 5.91 Å². The summed E-state index contributed by atoms with van der Waals surface area (Å²) >= 11 is 1.07. The molecule has 8 nitrogen and oxygen atoms in total. The Kier molecular flexibility index (Phi) is 5.32. The number of carbonyl (C=O) groups is 4. The number of nitrogens with two attached hydrogens (primary N) is 1. The third-order valence-corrected chi connectivity index (χ3v) is 7.07. The quantitative estimate of drug-likeness (QED) is 0.523. The van der Waals surface area contributed by atoms with Crippen LogP contribution in [0.4, 0.5) is 13.6 Å². The predicted molar refractivity (Wildman–Crippen MR) is 112 cm³/mol. The zero-order chi connectivity index (χ0) is 23.3. The van der Waals surface area contributed by atoms with Gasteiger partial charge >= 0.3 is 6.03 Å². The highest BCUT2D eigenvalue weighted by Gasteiger charge is 2.55. The monoisotopic (exact) mass is 462 g/mol. The van der Waals surface area contributed by atoms with Crippen LogP contribution in [-0.2, 0) is 4.79 Å². The molecule has 11 heteroatoms. The number of aromatic nitrogens is 1. The third-order valence-electron chi connectivity index (χ3n) is 5.83. The maximum Gasteiger partial charge on any atom is 0.325 e. The Hall–Kier alpha value is -3.21. The van der Waals surface area contributed by atoms with Crippen LogP contribution in [0, 0.1) is 6.92 Å². The molecule has 2 aromatic rings. The molecule has 1 spiro atoms. The Morgan fingerprint density at radius 1 is 1.22 bits per heavy atom. The summed E-state index contributed by atoms with van der Waals surface area (Å²) in [7, 11) is 0. The first-order chi connectivity index (χ1) is 15.0. The highest BCUT2D eigenvalue weighted by atomic mass is 32.1. The van der Waals surface area contributed by atoms with Crippen LogP contribution in [0.1, 0.15) is 51.5 Å². The van der Waals surface area contributed by atoms with Crippen LogP contribution in [-0.4, -0.2) is 51.5 Å². The number of hydrogen-bond acceptors (Lipinski definition) is 6. The third kappa shape index (κ3) is 3.88. The van der Waals surface area contributed by atoms with E-state index in [0.29, 0.717) is 21.7 Å². The Bertz CT molecular complexity index is 1140. The molecule has 2 heterocycles. The van der Waals surface area contributed by atoms with E-state index in [1.165, 1.54) is 0 Å². The van der Waals surface area contributed by atoms with E-state index in [-0.39, 0.29) is 17.8 Å². The van der Waals surface area contributed by atoms with Gasteiger partial charge in [0.2, 0.25) is 17.6 Å². The van der Waals surface area contributed by atoms with Gasteiger partial charge in [-0.1, -0.05) is 12.1 Å². The summed E-state index contributed by atoms with van der Waals surface area (Å²) in [6.07, 6.45) is -1.35. The number of nitrogens with zero attached hydrogens (tertiary/aromatic N) is 2. The lowest BCUT2D eigenvalue weighted by molar-refractivity contribution is -0.135. The number of benzene rings is 1. The van der Waals surface area contributed by atoms with Crippen molar-refractivity contribution < 1.29 is 28.0 Å². The normalized spacial score (nSPS) is 19.3. The Balaban J connectivity index is 1.52. The first kappa shape index (κ1) is 22.0. The molecule has 0 bridgehead atoms. The molecule has 3 N–H and O–H groups in total. The average molecular weight is 462 g/mol. The number of amides is 4. The van der Waals surface area contributed by atoms with Gasteiger partial charge in [-0.3, -0.25) is 19.3 Å². The molecule has 0 radical (unpaired) electrons. The van der Waals surface area contributed by atoms with E-state index in [0.717, 1.165) is 16.2 Å². The fraction of sp³-hybridized carbons (Fsp3) is 0.381. The SMILES string of the molecule is Cc1nc(C(=O)CN2C(=O)NC3(CCC(F)(F)CC3)C2=O)sc1-c1cccc(C(N)=O)c1. The number of imide groups is 1. The summed E-state index contributed by atoms with van der Waals surface area (Å²) in [4.78, 5) is 55.2. The average Bonchev–Trinajstić information content (AvgIpc) is 3.24. The van der Waals surface area contributed by atoms with Crippen molar-refractivity contribution in [2.24, 2.45) is 5.73 Å². The van der Waals surface area contributed by atoms with E-state index in [2.05, 4.69) is 10.3 Å². The number of halogens is 2. The summed E-state index contributed by atoms with van der Waals surface area (Å²) in [5.74, 6) is -4.65. The molecule has 1 aliphatic carbocycles. The van der Waals surface area contributed by atoms with Crippen molar-refractivity contribution in [1.82, 2.24) is 15.2 Å². The van der Waals surface area contributed by atoms with E-state index in [9.17, 15) is 28.0 Å². The molecule has 1 aromatic heterocycles. The van der Waals surface area contributed by atoms with Crippen LogP contribution in [0.3, 0.4) is 0 Å². The van der Waals surface area contributed by atoms with Gasteiger partial charge in [-0.15, -0.1) is 11.3 Å². The number of aryl methyl sites for hydroxylation is 1. The second-order valence-electron chi connectivity index (χ2n) is 8.06. The number of thiazole rings is 1. The minimum atomic E-state index is -2.86. The van der Waals surface area contributed by atoms with Gasteiger partial charge in [-0.05, 0) is 37.5 Å². The Morgan fingerprint density at radius 2 is 1.91 bits per heavy atom. The summed E-state index contributed by atoms with van der Waals surface area (Å²) < 4.78 is 27.0. The zero-order valence-electron chi connectivity index (χ0n) is 17.1. The van der Waals surface area contributed by atoms with Crippen molar-refractivity contribution in [3.8, 4) is 10.4 Å². The second kappa shape index (κ2) is 7.73. The summed E-state index contributed by atoms with van der Waals surface area (Å²) in [6, 6.07) is 5.81. The highest BCUT2D eigenvalue weighted by molar-refractivity contribution is 7.17. The summed E-state index contributed by atoms with van der Waals surface area (Å²) in [5.41, 5.74) is 5.46. The van der Waals surface area contributed by atoms with Crippen molar-refractivity contribution in [1.29, 1.82) is 0 Å². The first-order valence-electron chi connectivity index (χ1n) is 9.94. The molecule has 2 aliphatic rings. The summed E-state index contributed by atoms with van der Waals surface area (Å²) in [6.45, 7) is 1.17. The van der Waals surface area contributed by atoms with Gasteiger partial charge in [0.1, 0.15) is 5.54 Å². The molecule has 168 valence electrons. The minimum Gasteiger partial charge on any atom is -0.366 e. The Morgan fingerprint density at radius 3 is 2.56 bits per heavy atom. The van der Waals surface area contributed by atoms with E-state index >= 15 is 0 Å². The molecule has 32 heavy (non-hydrogen) atoms. The van der Waals surface area contributed by atoms with Crippen LogP contribution in [0.15, 0.2) is 24.3 Å². The van der Waals surface area contributed by atoms with E-state index in [4.69, 9.17) is 5.73 Å². The molecule has 0 atom stereocenters. The second-order valence-corrected chi connectivity index (χ2v) is 9.06. The zero-order valence-corrected chi connectivity index (χ0v) is 17.9. The molecule has 4 amide bonds. The molecule has 0 unspecified atom stereocenters. The fourth-order valence-electron chi connectivity index (χ4n) is 4.01. The fourth-order valence-corrected chi connectivity index (χ4v) is 5.00. The van der Waals surface area contributed by atoms with E-state index in [1.807, 2.05) is 0 Å². The van der Waals surface area contributed by atoms with Gasteiger partial charge in [0, 0.05) is 18.4 Å². The van der Waals surface area contributed by atoms with Crippen LogP contribution < -0.4 is 11.1 Å². The lowest BCUT2D eigenvalue weighted by Crippen LogP contribution is -2.51. The highest BCUT2D eigenvalue weighted by Crippen LogP contribution is 2.41. The van der Waals surface area contributed by atoms with Crippen molar-refractivity contribution in [3.05, 3.63) is 40.5 Å². The van der Waals surface area contributed by atoms with E-state index < -0.39 is 54.5 Å². The maximum absolute atomic E-state index is 13.5. The van der Waals surface area contributed by atoms with Gasteiger partial charge in [-0.2, -0.15) is 0 Å². The van der Waals surface area contributed by atoms with Crippen LogP contribution in [0.25, 0.3) is 10.4 Å². The number of primary amides is 1. The number of hydrogen-bond donors (Lipinski definition) is 2. The molecular formula is C21H20F2N4O4S. The molecular weight excluding hydrogens is 442 g/mol. The first-order valence-corrected chi connectivity index (χ1v) is 10.8. The number of alkyl halides is 2. The van der Waals surface area contributed by atoms with Crippen molar-refractivity contribution in [2.45, 2.75) is 44.1 Å². The predicted octanol–water partition coefficient (Wildman–Crippen LogP) is 2.90. The topological polar surface area (TPSA) is 122 Å². The van der Waals surface area contributed by atoms with Gasteiger partial charge < -0.3 is 11.1 Å². The van der Waals surface area contributed by atoms with Crippen LogP contribution in [0.5, 0.6) is 0 Å². The number of nitrogens with one attached hydrogen (secondary N) is 1. The number of Topliss-reactive ketones (excluding diaryl/α,β-unsaturated/α-hetero) is 1. The van der Waals surface area contributed by atoms with Crippen molar-refractivity contribution >= 4 is 35.0 Å². The minimum absolute atomic E-state index is 0.0960. The van der Waals surface area contributed by atoms with Gasteiger partial charge in [-0.25, -0.2) is 18.6 Å². The number of carbonyl (C=O) groups excluding carboxylic acids is 4. The smallest absolute Gasteiger partial charge is 0.325 e. The lowest BCUT2D eigenvalue weighted by Gasteiger charge is -2.34. The standard InChI is InChI=1S/C21H20F2N4O4S/c1-11-15(12-3-2-4-13(9-12)16(24)29)32-17(25-11)14(28)10-27-18(30)20(26-19(27)31)5-7-21(22,23)8-6-20/h2-4,9H,5-8,10H2,1H3,(H2,24,29)(H,26,31). The van der Waals surface area contributed by atoms with Crippen LogP contribution in [0.2, 0.25) is 0 Å².